The minimum absolute atomic E-state index is 0.0947. The number of carbonyl (C=O) groups is 1. The minimum atomic E-state index is -0.0947. The van der Waals surface area contributed by atoms with Gasteiger partial charge in [0.05, 0.1) is 5.45 Å². The fourth-order valence-corrected chi connectivity index (χ4v) is 2.74. The number of hydrogen-bond acceptors (Lipinski definition) is 3. The molecule has 25 heavy (non-hydrogen) atoms. The second-order valence-corrected chi connectivity index (χ2v) is 6.25. The third-order valence-electron chi connectivity index (χ3n) is 3.67. The van der Waals surface area contributed by atoms with Crippen LogP contribution in [0.5, 0.6) is 0 Å². The van der Waals surface area contributed by atoms with E-state index in [0.717, 1.165) is 23.2 Å². The summed E-state index contributed by atoms with van der Waals surface area (Å²) >= 11 is 3.31. The number of amides is 1. The van der Waals surface area contributed by atoms with Crippen molar-refractivity contribution < 1.29 is 4.79 Å². The van der Waals surface area contributed by atoms with E-state index in [-0.39, 0.29) is 5.91 Å². The van der Waals surface area contributed by atoms with Crippen molar-refractivity contribution in [3.8, 4) is 11.8 Å². The topological polar surface area (TPSA) is 35.9 Å². The number of carbonyl (C=O) groups excluding carboxylic acids is 1. The molecule has 0 spiro atoms. The average Bonchev–Trinajstić information content (AvgIpc) is 2.92. The van der Waals surface area contributed by atoms with Crippen molar-refractivity contribution in [2.45, 2.75) is 20.3 Å². The van der Waals surface area contributed by atoms with Crippen molar-refractivity contribution in [1.29, 1.82) is 0 Å². The maximum absolute atomic E-state index is 12.1. The predicted octanol–water partition coefficient (Wildman–Crippen LogP) is 3.94. The van der Waals surface area contributed by atoms with Crippen LogP contribution in [0.2, 0.25) is 0 Å². The molecule has 2 rings (SSSR count). The molecule has 5 heteroatoms. The average molecular weight is 400 g/mol. The molecule has 1 aliphatic heterocycles. The third-order valence-corrected chi connectivity index (χ3v) is 3.92. The van der Waals surface area contributed by atoms with E-state index in [4.69, 9.17) is 0 Å². The zero-order valence-electron chi connectivity index (χ0n) is 15.0. The number of benzene rings is 1. The number of nitrogens with zero attached hydrogens (tertiary/aromatic N) is 3. The van der Waals surface area contributed by atoms with Crippen molar-refractivity contribution in [3.63, 3.8) is 0 Å². The fourth-order valence-electron chi connectivity index (χ4n) is 2.50. The van der Waals surface area contributed by atoms with Crippen LogP contribution in [-0.4, -0.2) is 36.2 Å². The fraction of sp³-hybridized carbons (Fsp3) is 0.300. The molecule has 0 saturated heterocycles. The number of halogens is 1. The van der Waals surface area contributed by atoms with E-state index in [1.165, 1.54) is 6.92 Å². The molecule has 1 aromatic carbocycles. The molecule has 0 saturated carbocycles. The molecule has 0 aliphatic carbocycles. The summed E-state index contributed by atoms with van der Waals surface area (Å²) in [6.45, 7) is 3.58. The molecule has 4 nitrogen and oxygen atoms in total. The highest BCUT2D eigenvalue weighted by Gasteiger charge is 2.28. The van der Waals surface area contributed by atoms with Gasteiger partial charge in [0, 0.05) is 37.8 Å². The van der Waals surface area contributed by atoms with E-state index in [0.29, 0.717) is 17.0 Å². The van der Waals surface area contributed by atoms with Crippen molar-refractivity contribution in [3.05, 3.63) is 53.3 Å². The highest BCUT2D eigenvalue weighted by molar-refractivity contribution is 9.09. The molecule has 1 amide bonds. The molecule has 0 radical (unpaired) electrons. The summed E-state index contributed by atoms with van der Waals surface area (Å²) in [7, 11) is 4.00. The van der Waals surface area contributed by atoms with Crippen LogP contribution in [0.3, 0.4) is 0 Å². The van der Waals surface area contributed by atoms with Gasteiger partial charge in [-0.05, 0) is 42.7 Å². The van der Waals surface area contributed by atoms with E-state index in [1.54, 1.807) is 4.90 Å². The Morgan fingerprint density at radius 2 is 1.96 bits per heavy atom. The summed E-state index contributed by atoms with van der Waals surface area (Å²) in [6.07, 6.45) is 4.84. The summed E-state index contributed by atoms with van der Waals surface area (Å²) in [5, 5.41) is 0. The van der Waals surface area contributed by atoms with Gasteiger partial charge in [0.2, 0.25) is 5.91 Å². The molecule has 0 bridgehead atoms. The number of alkyl halides is 1. The Morgan fingerprint density at radius 3 is 2.48 bits per heavy atom. The van der Waals surface area contributed by atoms with Gasteiger partial charge in [-0.25, -0.2) is 0 Å². The van der Waals surface area contributed by atoms with Crippen LogP contribution < -0.4 is 4.90 Å². The number of hydrogen-bond donors (Lipinski definition) is 0. The zero-order chi connectivity index (χ0) is 18.4. The van der Waals surface area contributed by atoms with E-state index < -0.39 is 0 Å². The Kier molecular flexibility index (Phi) is 6.60. The van der Waals surface area contributed by atoms with E-state index in [9.17, 15) is 4.79 Å². The molecular weight excluding hydrogens is 378 g/mol. The van der Waals surface area contributed by atoms with Crippen molar-refractivity contribution in [2.24, 2.45) is 4.99 Å². The van der Waals surface area contributed by atoms with Gasteiger partial charge in [0.25, 0.3) is 0 Å². The summed E-state index contributed by atoms with van der Waals surface area (Å²) in [5.74, 6) is 6.82. The van der Waals surface area contributed by atoms with Gasteiger partial charge in [-0.1, -0.05) is 34.9 Å². The van der Waals surface area contributed by atoms with Gasteiger partial charge in [-0.3, -0.25) is 14.7 Å². The van der Waals surface area contributed by atoms with Crippen LogP contribution in [0.1, 0.15) is 25.8 Å². The predicted molar refractivity (Wildman–Crippen MR) is 108 cm³/mol. The first kappa shape index (κ1) is 19.0. The first-order valence-electron chi connectivity index (χ1n) is 8.10. The van der Waals surface area contributed by atoms with Gasteiger partial charge < -0.3 is 4.90 Å². The summed E-state index contributed by atoms with van der Waals surface area (Å²) in [5.41, 5.74) is 4.05. The molecule has 1 heterocycles. The first-order valence-corrected chi connectivity index (χ1v) is 9.22. The monoisotopic (exact) mass is 399 g/mol. The number of allylic oxidation sites excluding steroid dienone is 2. The van der Waals surface area contributed by atoms with Crippen LogP contribution in [0.25, 0.3) is 0 Å². The van der Waals surface area contributed by atoms with Gasteiger partial charge in [-0.2, -0.15) is 0 Å². The van der Waals surface area contributed by atoms with Crippen LogP contribution in [-0.2, 0) is 4.79 Å². The molecule has 0 unspecified atom stereocenters. The lowest BCUT2D eigenvalue weighted by atomic mass is 10.2. The van der Waals surface area contributed by atoms with Crippen molar-refractivity contribution in [2.75, 3.05) is 24.4 Å². The van der Waals surface area contributed by atoms with Crippen LogP contribution in [0.15, 0.2) is 52.7 Å². The zero-order valence-corrected chi connectivity index (χ0v) is 16.6. The maximum atomic E-state index is 12.1. The Labute approximate surface area is 158 Å². The van der Waals surface area contributed by atoms with Crippen molar-refractivity contribution in [1.82, 2.24) is 4.90 Å². The highest BCUT2D eigenvalue weighted by Crippen LogP contribution is 2.23. The molecule has 0 atom stereocenters. The largest absolute Gasteiger partial charge is 0.378 e. The van der Waals surface area contributed by atoms with Gasteiger partial charge in [-0.15, -0.1) is 0 Å². The quantitative estimate of drug-likeness (QED) is 0.438. The number of anilines is 1. The SMILES string of the molecule is CC/C=C1/C=C(C#Cc2ccc(N(C)C)cc2)N(C(C)=O)C1=NCBr. The number of amidine groups is 1. The van der Waals surface area contributed by atoms with E-state index in [1.807, 2.05) is 49.3 Å². The molecule has 0 aromatic heterocycles. The summed E-state index contributed by atoms with van der Waals surface area (Å²) in [6, 6.07) is 8.00. The first-order chi connectivity index (χ1) is 12.0. The third kappa shape index (κ3) is 4.61. The molecular formula is C20H22BrN3O. The Balaban J connectivity index is 2.37. The maximum Gasteiger partial charge on any atom is 0.230 e. The lowest BCUT2D eigenvalue weighted by Crippen LogP contribution is -2.30. The number of rotatable bonds is 3. The Bertz CT molecular complexity index is 792. The van der Waals surface area contributed by atoms with Crippen LogP contribution >= 0.6 is 15.9 Å². The second-order valence-electron chi connectivity index (χ2n) is 5.74. The van der Waals surface area contributed by atoms with E-state index >= 15 is 0 Å². The van der Waals surface area contributed by atoms with Gasteiger partial charge in [0.1, 0.15) is 11.5 Å². The lowest BCUT2D eigenvalue weighted by Gasteiger charge is -2.16. The highest BCUT2D eigenvalue weighted by atomic mass is 79.9. The minimum Gasteiger partial charge on any atom is -0.378 e. The van der Waals surface area contributed by atoms with Crippen LogP contribution in [0.4, 0.5) is 5.69 Å². The van der Waals surface area contributed by atoms with Crippen molar-refractivity contribution >= 4 is 33.4 Å². The van der Waals surface area contributed by atoms with Gasteiger partial charge in [0.15, 0.2) is 0 Å². The van der Waals surface area contributed by atoms with Crippen LogP contribution in [0, 0.1) is 11.8 Å². The smallest absolute Gasteiger partial charge is 0.230 e. The standard InChI is InChI=1S/C20H22BrN3O/c1-5-6-17-13-19(24(15(2)25)20(17)22-14-21)12-9-16-7-10-18(11-8-16)23(3)4/h6-8,10-11,13H,5,14H2,1-4H3/b17-6-,22-20?. The summed E-state index contributed by atoms with van der Waals surface area (Å²) in [4.78, 5) is 20.1. The number of aliphatic imine (C=N–C) groups is 1. The normalized spacial score (nSPS) is 16.7. The Hall–Kier alpha value is -2.32. The van der Waals surface area contributed by atoms with E-state index in [2.05, 4.69) is 45.8 Å². The lowest BCUT2D eigenvalue weighted by molar-refractivity contribution is -0.123. The molecule has 0 N–H and O–H groups in total. The molecule has 1 aliphatic rings. The molecule has 0 fully saturated rings. The Morgan fingerprint density at radius 1 is 1.28 bits per heavy atom. The second kappa shape index (κ2) is 8.68. The summed E-state index contributed by atoms with van der Waals surface area (Å²) < 4.78 is 0. The molecule has 1 aromatic rings. The van der Waals surface area contributed by atoms with Gasteiger partial charge >= 0.3 is 0 Å². The molecule has 130 valence electrons.